The summed E-state index contributed by atoms with van der Waals surface area (Å²) in [5.74, 6) is -0.796. The number of rotatable bonds is 3. The summed E-state index contributed by atoms with van der Waals surface area (Å²) < 4.78 is 0. The Bertz CT molecular complexity index is 715. The first-order chi connectivity index (χ1) is 9.88. The second-order valence-electron chi connectivity index (χ2n) is 4.22. The Hall–Kier alpha value is -2.12. The number of anilines is 2. The number of aromatic carboxylic acids is 1. The molecule has 0 bridgehead atoms. The molecule has 0 spiro atoms. The SMILES string of the molecule is Cc1sc(NC(=O)Nc2cccc(Cl)n2)c(C(=O)O)c1C. The monoisotopic (exact) mass is 325 g/mol. The number of aromatic nitrogens is 1. The number of nitrogens with one attached hydrogen (secondary N) is 2. The third-order valence-electron chi connectivity index (χ3n) is 2.78. The van der Waals surface area contributed by atoms with E-state index in [-0.39, 0.29) is 21.5 Å². The van der Waals surface area contributed by atoms with Gasteiger partial charge in [-0.2, -0.15) is 0 Å². The molecule has 0 aromatic carbocycles. The number of carboxylic acid groups (broad SMARTS) is 1. The number of thiophene rings is 1. The number of hydrogen-bond donors (Lipinski definition) is 3. The molecule has 8 heteroatoms. The van der Waals surface area contributed by atoms with Crippen LogP contribution < -0.4 is 10.6 Å². The van der Waals surface area contributed by atoms with Gasteiger partial charge in [0.15, 0.2) is 0 Å². The van der Waals surface area contributed by atoms with Crippen molar-refractivity contribution in [3.63, 3.8) is 0 Å². The van der Waals surface area contributed by atoms with Crippen molar-refractivity contribution < 1.29 is 14.7 Å². The molecule has 110 valence electrons. The van der Waals surface area contributed by atoms with Gasteiger partial charge in [-0.1, -0.05) is 17.7 Å². The van der Waals surface area contributed by atoms with Crippen LogP contribution in [0.4, 0.5) is 15.6 Å². The van der Waals surface area contributed by atoms with E-state index in [0.717, 1.165) is 4.88 Å². The van der Waals surface area contributed by atoms with Crippen LogP contribution in [-0.2, 0) is 0 Å². The van der Waals surface area contributed by atoms with Crippen LogP contribution in [0.3, 0.4) is 0 Å². The first kappa shape index (κ1) is 15.3. The highest BCUT2D eigenvalue weighted by molar-refractivity contribution is 7.16. The van der Waals surface area contributed by atoms with Gasteiger partial charge in [0.1, 0.15) is 16.0 Å². The minimum absolute atomic E-state index is 0.103. The molecule has 2 aromatic heterocycles. The van der Waals surface area contributed by atoms with Crippen LogP contribution in [0.5, 0.6) is 0 Å². The molecule has 2 amide bonds. The van der Waals surface area contributed by atoms with Crippen molar-refractivity contribution >= 4 is 45.8 Å². The molecular weight excluding hydrogens is 314 g/mol. The second kappa shape index (κ2) is 6.11. The van der Waals surface area contributed by atoms with Gasteiger partial charge in [0.05, 0.1) is 5.56 Å². The number of hydrogen-bond acceptors (Lipinski definition) is 4. The molecule has 0 radical (unpaired) electrons. The fourth-order valence-corrected chi connectivity index (χ4v) is 2.91. The second-order valence-corrected chi connectivity index (χ2v) is 5.83. The highest BCUT2D eigenvalue weighted by Gasteiger charge is 2.20. The minimum atomic E-state index is -1.08. The quantitative estimate of drug-likeness (QED) is 0.749. The van der Waals surface area contributed by atoms with Crippen LogP contribution in [0.1, 0.15) is 20.8 Å². The number of amides is 2. The lowest BCUT2D eigenvalue weighted by atomic mass is 10.1. The summed E-state index contributed by atoms with van der Waals surface area (Å²) in [6, 6.07) is 4.23. The van der Waals surface area contributed by atoms with Gasteiger partial charge in [-0.25, -0.2) is 14.6 Å². The molecule has 0 aliphatic carbocycles. The largest absolute Gasteiger partial charge is 0.478 e. The first-order valence-electron chi connectivity index (χ1n) is 5.92. The van der Waals surface area contributed by atoms with Crippen molar-refractivity contribution in [2.75, 3.05) is 10.6 Å². The van der Waals surface area contributed by atoms with Gasteiger partial charge in [0, 0.05) is 4.88 Å². The predicted molar refractivity (Wildman–Crippen MR) is 82.6 cm³/mol. The molecule has 3 N–H and O–H groups in total. The van der Waals surface area contributed by atoms with Gasteiger partial charge in [0.25, 0.3) is 0 Å². The summed E-state index contributed by atoms with van der Waals surface area (Å²) in [7, 11) is 0. The van der Waals surface area contributed by atoms with Crippen molar-refractivity contribution in [1.82, 2.24) is 4.98 Å². The molecule has 0 aliphatic rings. The number of carbonyl (C=O) groups excluding carboxylic acids is 1. The van der Waals surface area contributed by atoms with Gasteiger partial charge in [0.2, 0.25) is 0 Å². The van der Waals surface area contributed by atoms with Crippen LogP contribution in [-0.4, -0.2) is 22.1 Å². The molecule has 0 unspecified atom stereocenters. The van der Waals surface area contributed by atoms with Crippen molar-refractivity contribution in [3.8, 4) is 0 Å². The zero-order valence-electron chi connectivity index (χ0n) is 11.2. The normalized spacial score (nSPS) is 10.2. The molecule has 2 heterocycles. The highest BCUT2D eigenvalue weighted by atomic mass is 35.5. The summed E-state index contributed by atoms with van der Waals surface area (Å²) in [5.41, 5.74) is 0.746. The fraction of sp³-hybridized carbons (Fsp3) is 0.154. The molecule has 0 aliphatic heterocycles. The summed E-state index contributed by atoms with van der Waals surface area (Å²) in [4.78, 5) is 27.9. The number of urea groups is 1. The van der Waals surface area contributed by atoms with E-state index in [4.69, 9.17) is 11.6 Å². The number of carboxylic acids is 1. The molecule has 2 rings (SSSR count). The van der Waals surface area contributed by atoms with E-state index >= 15 is 0 Å². The Morgan fingerprint density at radius 2 is 2.00 bits per heavy atom. The molecular formula is C13H12ClN3O3S. The lowest BCUT2D eigenvalue weighted by molar-refractivity contribution is 0.0697. The van der Waals surface area contributed by atoms with E-state index in [0.29, 0.717) is 5.56 Å². The maximum Gasteiger partial charge on any atom is 0.338 e. The Morgan fingerprint density at radius 3 is 2.62 bits per heavy atom. The van der Waals surface area contributed by atoms with E-state index in [9.17, 15) is 14.7 Å². The third kappa shape index (κ3) is 3.50. The topological polar surface area (TPSA) is 91.3 Å². The van der Waals surface area contributed by atoms with E-state index in [1.54, 1.807) is 32.0 Å². The van der Waals surface area contributed by atoms with Crippen LogP contribution in [0, 0.1) is 13.8 Å². The Kier molecular flexibility index (Phi) is 4.44. The maximum absolute atomic E-state index is 11.9. The van der Waals surface area contributed by atoms with Crippen molar-refractivity contribution in [2.24, 2.45) is 0 Å². The number of aryl methyl sites for hydroxylation is 1. The minimum Gasteiger partial charge on any atom is -0.478 e. The summed E-state index contributed by atoms with van der Waals surface area (Å²) >= 11 is 6.93. The smallest absolute Gasteiger partial charge is 0.338 e. The number of halogens is 1. The molecule has 0 atom stereocenters. The van der Waals surface area contributed by atoms with Crippen molar-refractivity contribution in [3.05, 3.63) is 39.4 Å². The lowest BCUT2D eigenvalue weighted by Gasteiger charge is -2.06. The van der Waals surface area contributed by atoms with E-state index in [1.165, 1.54) is 11.3 Å². The van der Waals surface area contributed by atoms with Crippen LogP contribution >= 0.6 is 22.9 Å². The molecule has 21 heavy (non-hydrogen) atoms. The van der Waals surface area contributed by atoms with Gasteiger partial charge in [-0.05, 0) is 31.5 Å². The average Bonchev–Trinajstić information content (AvgIpc) is 2.64. The Morgan fingerprint density at radius 1 is 1.29 bits per heavy atom. The first-order valence-corrected chi connectivity index (χ1v) is 7.11. The van der Waals surface area contributed by atoms with Crippen molar-refractivity contribution in [1.29, 1.82) is 0 Å². The third-order valence-corrected chi connectivity index (χ3v) is 4.12. The van der Waals surface area contributed by atoms with Gasteiger partial charge < -0.3 is 5.11 Å². The number of pyridine rings is 1. The Labute approximate surface area is 129 Å². The molecule has 0 saturated heterocycles. The lowest BCUT2D eigenvalue weighted by Crippen LogP contribution is -2.20. The van der Waals surface area contributed by atoms with Crippen molar-refractivity contribution in [2.45, 2.75) is 13.8 Å². The van der Waals surface area contributed by atoms with E-state index in [2.05, 4.69) is 15.6 Å². The van der Waals surface area contributed by atoms with E-state index < -0.39 is 12.0 Å². The number of carbonyl (C=O) groups is 2. The van der Waals surface area contributed by atoms with Crippen LogP contribution in [0.2, 0.25) is 5.15 Å². The van der Waals surface area contributed by atoms with Gasteiger partial charge >= 0.3 is 12.0 Å². The summed E-state index contributed by atoms with van der Waals surface area (Å²) in [6.45, 7) is 3.50. The molecule has 2 aromatic rings. The van der Waals surface area contributed by atoms with Crippen LogP contribution in [0.25, 0.3) is 0 Å². The molecule has 0 fully saturated rings. The predicted octanol–water partition coefficient (Wildman–Crippen LogP) is 3.76. The Balaban J connectivity index is 2.17. The molecule has 0 saturated carbocycles. The van der Waals surface area contributed by atoms with Crippen LogP contribution in [0.15, 0.2) is 18.2 Å². The standard InChI is InChI=1S/C13H12ClN3O3S/c1-6-7(2)21-11(10(6)12(18)19)17-13(20)16-9-5-3-4-8(14)15-9/h3-5H,1-2H3,(H,18,19)(H2,15,16,17,20). The van der Waals surface area contributed by atoms with Gasteiger partial charge in [-0.3, -0.25) is 10.6 Å². The van der Waals surface area contributed by atoms with E-state index in [1.807, 2.05) is 0 Å². The summed E-state index contributed by atoms with van der Waals surface area (Å²) in [6.07, 6.45) is 0. The molecule has 6 nitrogen and oxygen atoms in total. The average molecular weight is 326 g/mol. The highest BCUT2D eigenvalue weighted by Crippen LogP contribution is 2.32. The fourth-order valence-electron chi connectivity index (χ4n) is 1.70. The maximum atomic E-state index is 11.9. The summed E-state index contributed by atoms with van der Waals surface area (Å²) in [5, 5.41) is 14.8. The van der Waals surface area contributed by atoms with Gasteiger partial charge in [-0.15, -0.1) is 11.3 Å². The zero-order chi connectivity index (χ0) is 15.6. The number of nitrogens with zero attached hydrogens (tertiary/aromatic N) is 1. The zero-order valence-corrected chi connectivity index (χ0v) is 12.8.